The summed E-state index contributed by atoms with van der Waals surface area (Å²) in [4.78, 5) is 16.4. The molecule has 0 aliphatic heterocycles. The van der Waals surface area contributed by atoms with E-state index >= 15 is 0 Å². The van der Waals surface area contributed by atoms with Crippen LogP contribution in [0.15, 0.2) is 47.0 Å². The number of nitrogens with zero attached hydrogens (tertiary/aromatic N) is 5. The predicted octanol–water partition coefficient (Wildman–Crippen LogP) is 3.14. The van der Waals surface area contributed by atoms with Crippen molar-refractivity contribution >= 4 is 23.4 Å². The maximum Gasteiger partial charge on any atom is 0.240 e. The van der Waals surface area contributed by atoms with Gasteiger partial charge in [-0.3, -0.25) is 4.57 Å². The lowest BCUT2D eigenvalue weighted by molar-refractivity contribution is 0.506. The lowest BCUT2D eigenvalue weighted by atomic mass is 10.3. The van der Waals surface area contributed by atoms with E-state index in [1.54, 1.807) is 17.0 Å². The third-order valence-electron chi connectivity index (χ3n) is 2.41. The number of aromatic nitrogens is 5. The molecule has 0 unspecified atom stereocenters. The Balaban J connectivity index is 1.93. The highest BCUT2D eigenvalue weighted by atomic mass is 35.5. The molecule has 2 heterocycles. The van der Waals surface area contributed by atoms with E-state index in [4.69, 9.17) is 11.6 Å². The summed E-state index contributed by atoms with van der Waals surface area (Å²) in [6.07, 6.45) is 4.73. The van der Waals surface area contributed by atoms with Gasteiger partial charge < -0.3 is 0 Å². The molecule has 5 nitrogen and oxygen atoms in total. The smallest absolute Gasteiger partial charge is 0.240 e. The van der Waals surface area contributed by atoms with Gasteiger partial charge in [-0.25, -0.2) is 13.8 Å². The Morgan fingerprint density at radius 1 is 1.10 bits per heavy atom. The molecule has 0 saturated heterocycles. The van der Waals surface area contributed by atoms with Crippen LogP contribution in [0.4, 0.5) is 8.78 Å². The fourth-order valence-electron chi connectivity index (χ4n) is 1.51. The average Bonchev–Trinajstić information content (AvgIpc) is 2.96. The summed E-state index contributed by atoms with van der Waals surface area (Å²) >= 11 is 6.90. The second-order valence-corrected chi connectivity index (χ2v) is 5.21. The zero-order valence-corrected chi connectivity index (χ0v) is 11.8. The summed E-state index contributed by atoms with van der Waals surface area (Å²) in [5, 5.41) is 0.267. The third kappa shape index (κ3) is 3.17. The van der Waals surface area contributed by atoms with Crippen LogP contribution < -0.4 is 0 Å². The van der Waals surface area contributed by atoms with Crippen LogP contribution in [-0.2, 0) is 0 Å². The van der Waals surface area contributed by atoms with Crippen LogP contribution in [0.3, 0.4) is 0 Å². The minimum atomic E-state index is -0.935. The second-order valence-electron chi connectivity index (χ2n) is 3.83. The van der Waals surface area contributed by atoms with Crippen molar-refractivity contribution in [3.8, 4) is 5.95 Å². The van der Waals surface area contributed by atoms with Gasteiger partial charge in [0.05, 0.1) is 0 Å². The Kier molecular flexibility index (Phi) is 3.80. The van der Waals surface area contributed by atoms with E-state index < -0.39 is 11.6 Å². The quantitative estimate of drug-likeness (QED) is 0.740. The molecule has 0 amide bonds. The van der Waals surface area contributed by atoms with E-state index in [2.05, 4.69) is 19.9 Å². The largest absolute Gasteiger partial charge is 0.274 e. The van der Waals surface area contributed by atoms with E-state index in [-0.39, 0.29) is 16.4 Å². The SMILES string of the molecule is Fc1ccc(Sc2nc(Cl)nc(-n3ccnc3)n2)cc1F. The van der Waals surface area contributed by atoms with Crippen molar-refractivity contribution in [2.45, 2.75) is 10.1 Å². The zero-order chi connectivity index (χ0) is 14.8. The first-order chi connectivity index (χ1) is 10.1. The van der Waals surface area contributed by atoms with Gasteiger partial charge in [0.25, 0.3) is 0 Å². The Labute approximate surface area is 127 Å². The maximum absolute atomic E-state index is 13.2. The molecule has 1 aromatic carbocycles. The summed E-state index contributed by atoms with van der Waals surface area (Å²) in [5.41, 5.74) is 0. The molecule has 2 aromatic heterocycles. The third-order valence-corrected chi connectivity index (χ3v) is 3.44. The molecule has 0 aliphatic carbocycles. The number of rotatable bonds is 3. The van der Waals surface area contributed by atoms with E-state index in [9.17, 15) is 8.78 Å². The van der Waals surface area contributed by atoms with Crippen LogP contribution in [0.25, 0.3) is 5.95 Å². The highest BCUT2D eigenvalue weighted by molar-refractivity contribution is 7.99. The number of hydrogen-bond acceptors (Lipinski definition) is 5. The van der Waals surface area contributed by atoms with Crippen molar-refractivity contribution in [2.75, 3.05) is 0 Å². The molecular weight excluding hydrogens is 320 g/mol. The first-order valence-electron chi connectivity index (χ1n) is 5.64. The van der Waals surface area contributed by atoms with Crippen molar-refractivity contribution in [3.05, 3.63) is 53.8 Å². The molecule has 21 heavy (non-hydrogen) atoms. The summed E-state index contributed by atoms with van der Waals surface area (Å²) < 4.78 is 27.6. The molecular formula is C12H6ClF2N5S. The first-order valence-corrected chi connectivity index (χ1v) is 6.84. The van der Waals surface area contributed by atoms with Gasteiger partial charge in [0.2, 0.25) is 11.2 Å². The molecule has 0 spiro atoms. The van der Waals surface area contributed by atoms with Crippen molar-refractivity contribution in [2.24, 2.45) is 0 Å². The van der Waals surface area contributed by atoms with Gasteiger partial charge in [0, 0.05) is 17.3 Å². The molecule has 3 aromatic rings. The Morgan fingerprint density at radius 2 is 1.95 bits per heavy atom. The van der Waals surface area contributed by atoms with Crippen LogP contribution in [0, 0.1) is 11.6 Å². The van der Waals surface area contributed by atoms with Crippen molar-refractivity contribution in [3.63, 3.8) is 0 Å². The van der Waals surface area contributed by atoms with E-state index in [0.717, 1.165) is 23.9 Å². The first kappa shape index (κ1) is 13.9. The fourth-order valence-corrected chi connectivity index (χ4v) is 2.48. The molecule has 3 rings (SSSR count). The van der Waals surface area contributed by atoms with E-state index in [1.165, 1.54) is 12.4 Å². The zero-order valence-electron chi connectivity index (χ0n) is 10.2. The molecule has 0 radical (unpaired) electrons. The molecule has 0 atom stereocenters. The number of benzene rings is 1. The van der Waals surface area contributed by atoms with Crippen LogP contribution >= 0.6 is 23.4 Å². The highest BCUT2D eigenvalue weighted by Gasteiger charge is 2.10. The summed E-state index contributed by atoms with van der Waals surface area (Å²) in [7, 11) is 0. The van der Waals surface area contributed by atoms with Crippen molar-refractivity contribution in [1.82, 2.24) is 24.5 Å². The lowest BCUT2D eigenvalue weighted by Crippen LogP contribution is -2.02. The van der Waals surface area contributed by atoms with Gasteiger partial charge in [-0.2, -0.15) is 15.0 Å². The summed E-state index contributed by atoms with van der Waals surface area (Å²) in [6, 6.07) is 3.53. The molecule has 0 fully saturated rings. The number of halogens is 3. The number of imidazole rings is 1. The summed E-state index contributed by atoms with van der Waals surface area (Å²) in [5.74, 6) is -1.56. The Hall–Kier alpha value is -2.06. The van der Waals surface area contributed by atoms with E-state index in [1.807, 2.05) is 0 Å². The minimum absolute atomic E-state index is 0.00113. The predicted molar refractivity (Wildman–Crippen MR) is 72.4 cm³/mol. The van der Waals surface area contributed by atoms with Gasteiger partial charge >= 0.3 is 0 Å². The normalized spacial score (nSPS) is 10.8. The van der Waals surface area contributed by atoms with Gasteiger partial charge in [-0.05, 0) is 41.6 Å². The lowest BCUT2D eigenvalue weighted by Gasteiger charge is -2.04. The molecule has 9 heteroatoms. The van der Waals surface area contributed by atoms with Gasteiger partial charge in [0.1, 0.15) is 6.33 Å². The minimum Gasteiger partial charge on any atom is -0.274 e. The molecule has 106 valence electrons. The monoisotopic (exact) mass is 325 g/mol. The van der Waals surface area contributed by atoms with Gasteiger partial charge in [-0.1, -0.05) is 0 Å². The van der Waals surface area contributed by atoms with Crippen molar-refractivity contribution in [1.29, 1.82) is 0 Å². The van der Waals surface area contributed by atoms with Gasteiger partial charge in [0.15, 0.2) is 16.8 Å². The Morgan fingerprint density at radius 3 is 2.67 bits per heavy atom. The number of hydrogen-bond donors (Lipinski definition) is 0. The summed E-state index contributed by atoms with van der Waals surface area (Å²) in [6.45, 7) is 0. The second kappa shape index (κ2) is 5.74. The van der Waals surface area contributed by atoms with Crippen LogP contribution in [0.2, 0.25) is 5.28 Å². The molecule has 0 saturated carbocycles. The van der Waals surface area contributed by atoms with Crippen LogP contribution in [-0.4, -0.2) is 24.5 Å². The molecule has 0 bridgehead atoms. The molecule has 0 aliphatic rings. The topological polar surface area (TPSA) is 56.5 Å². The average molecular weight is 326 g/mol. The standard InChI is InChI=1S/C12H6ClF2N5S/c13-10-17-11(20-4-3-16-6-20)19-12(18-10)21-7-1-2-8(14)9(15)5-7/h1-6H. The highest BCUT2D eigenvalue weighted by Crippen LogP contribution is 2.26. The van der Waals surface area contributed by atoms with Gasteiger partial charge in [-0.15, -0.1) is 0 Å². The Bertz CT molecular complexity index is 781. The van der Waals surface area contributed by atoms with E-state index in [0.29, 0.717) is 4.90 Å². The molecule has 0 N–H and O–H groups in total. The van der Waals surface area contributed by atoms with Crippen molar-refractivity contribution < 1.29 is 8.78 Å². The van der Waals surface area contributed by atoms with Crippen LogP contribution in [0.5, 0.6) is 0 Å². The fraction of sp³-hybridized carbons (Fsp3) is 0. The maximum atomic E-state index is 13.2. The van der Waals surface area contributed by atoms with Crippen LogP contribution in [0.1, 0.15) is 0 Å².